The van der Waals surface area contributed by atoms with Gasteiger partial charge in [0.2, 0.25) is 11.8 Å². The molecule has 0 radical (unpaired) electrons. The van der Waals surface area contributed by atoms with Gasteiger partial charge in [0, 0.05) is 29.6 Å². The van der Waals surface area contributed by atoms with Gasteiger partial charge in [-0.3, -0.25) is 14.4 Å². The van der Waals surface area contributed by atoms with Gasteiger partial charge in [-0.15, -0.1) is 6.58 Å². The van der Waals surface area contributed by atoms with Crippen LogP contribution in [0.3, 0.4) is 0 Å². The number of fused-ring (bicyclic) bond motifs is 1. The van der Waals surface area contributed by atoms with E-state index in [1.165, 1.54) is 23.1 Å². The third-order valence-corrected chi connectivity index (χ3v) is 9.66. The number of alkyl carbamates (subject to hydrolysis) is 1. The molecule has 2 saturated carbocycles. The predicted octanol–water partition coefficient (Wildman–Crippen LogP) is 3.60. The zero-order valence-electron chi connectivity index (χ0n) is 26.6. The van der Waals surface area contributed by atoms with E-state index in [4.69, 9.17) is 4.74 Å². The number of carbonyl (C=O) groups is 4. The molecule has 1 aromatic carbocycles. The van der Waals surface area contributed by atoms with Crippen LogP contribution >= 0.6 is 0 Å². The first-order valence-corrected chi connectivity index (χ1v) is 16.9. The molecule has 4 N–H and O–H groups in total. The highest BCUT2D eigenvalue weighted by atomic mass is 32.2. The third kappa shape index (κ3) is 8.24. The van der Waals surface area contributed by atoms with Gasteiger partial charge in [0.15, 0.2) is 0 Å². The normalized spacial score (nSPS) is 20.8. The molecule has 0 bridgehead atoms. The molecular formula is C32H45N5O7S. The molecule has 246 valence electrons. The molecule has 45 heavy (non-hydrogen) atoms. The number of ether oxygens (including phenoxy) is 1. The van der Waals surface area contributed by atoms with E-state index in [2.05, 4.69) is 26.9 Å². The number of H-pyrrole nitrogens is 1. The van der Waals surface area contributed by atoms with E-state index >= 15 is 0 Å². The molecule has 0 aliphatic heterocycles. The predicted molar refractivity (Wildman–Crippen MR) is 169 cm³/mol. The van der Waals surface area contributed by atoms with E-state index in [1.807, 2.05) is 0 Å². The van der Waals surface area contributed by atoms with Gasteiger partial charge in [-0.25, -0.2) is 17.9 Å². The van der Waals surface area contributed by atoms with Gasteiger partial charge in [-0.2, -0.15) is 0 Å². The summed E-state index contributed by atoms with van der Waals surface area (Å²) in [5.41, 5.74) is -1.55. The maximum atomic E-state index is 13.9. The van der Waals surface area contributed by atoms with Crippen molar-refractivity contribution in [2.75, 3.05) is 13.1 Å². The highest BCUT2D eigenvalue weighted by Gasteiger charge is 2.60. The van der Waals surface area contributed by atoms with Gasteiger partial charge in [0.05, 0.1) is 11.4 Å². The van der Waals surface area contributed by atoms with Crippen molar-refractivity contribution in [2.24, 2.45) is 17.8 Å². The van der Waals surface area contributed by atoms with Crippen LogP contribution in [0.15, 0.2) is 48.0 Å². The van der Waals surface area contributed by atoms with Crippen molar-refractivity contribution in [1.29, 1.82) is 0 Å². The number of rotatable bonds is 12. The van der Waals surface area contributed by atoms with Gasteiger partial charge in [-0.05, 0) is 76.1 Å². The smallest absolute Gasteiger partial charge is 0.408 e. The number of nitrogens with one attached hydrogen (secondary N) is 4. The second kappa shape index (κ2) is 13.2. The Balaban J connectivity index is 1.50. The van der Waals surface area contributed by atoms with Crippen molar-refractivity contribution in [3.63, 3.8) is 0 Å². The van der Waals surface area contributed by atoms with E-state index in [0.29, 0.717) is 11.9 Å². The Morgan fingerprint density at radius 1 is 1.16 bits per heavy atom. The Morgan fingerprint density at radius 3 is 2.44 bits per heavy atom. The number of nitrogens with zero attached hydrogens (tertiary/aromatic N) is 1. The minimum absolute atomic E-state index is 0.0919. The number of carbonyl (C=O) groups excluding carboxylic acids is 4. The fraction of sp³-hybridized carbons (Fsp3) is 0.562. The van der Waals surface area contributed by atoms with E-state index in [-0.39, 0.29) is 29.7 Å². The maximum Gasteiger partial charge on any atom is 0.408 e. The zero-order chi connectivity index (χ0) is 33.2. The molecule has 3 atom stereocenters. The minimum atomic E-state index is -4.25. The van der Waals surface area contributed by atoms with Crippen LogP contribution in [0.1, 0.15) is 66.7 Å². The lowest BCUT2D eigenvalue weighted by atomic mass is 10.0. The van der Waals surface area contributed by atoms with E-state index in [1.54, 1.807) is 52.9 Å². The Hall–Kier alpha value is -3.87. The number of benzene rings is 1. The monoisotopic (exact) mass is 643 g/mol. The second-order valence-corrected chi connectivity index (χ2v) is 15.1. The maximum absolute atomic E-state index is 13.9. The van der Waals surface area contributed by atoms with Crippen molar-refractivity contribution in [3.05, 3.63) is 43.1 Å². The summed E-state index contributed by atoms with van der Waals surface area (Å²) in [6, 6.07) is 5.22. The number of aromatic nitrogens is 1. The first-order chi connectivity index (χ1) is 21.0. The molecule has 13 heteroatoms. The topological polar surface area (TPSA) is 167 Å². The summed E-state index contributed by atoms with van der Waals surface area (Å²) >= 11 is 0. The molecule has 2 aromatic rings. The summed E-state index contributed by atoms with van der Waals surface area (Å²) < 4.78 is 33.8. The van der Waals surface area contributed by atoms with Crippen LogP contribution in [0.25, 0.3) is 10.9 Å². The van der Waals surface area contributed by atoms with Crippen LogP contribution in [0.2, 0.25) is 0 Å². The third-order valence-electron chi connectivity index (χ3n) is 8.33. The molecule has 0 spiro atoms. The van der Waals surface area contributed by atoms with Crippen LogP contribution in [0.4, 0.5) is 4.79 Å². The summed E-state index contributed by atoms with van der Waals surface area (Å²) in [7, 11) is -4.25. The van der Waals surface area contributed by atoms with Crippen molar-refractivity contribution >= 4 is 44.7 Å². The molecule has 4 amide bonds. The summed E-state index contributed by atoms with van der Waals surface area (Å²) in [5.74, 6) is -2.55. The largest absolute Gasteiger partial charge is 0.444 e. The second-order valence-electron chi connectivity index (χ2n) is 13.5. The average molecular weight is 644 g/mol. The summed E-state index contributed by atoms with van der Waals surface area (Å²) in [5, 5.41) is 6.05. The van der Waals surface area contributed by atoms with E-state index in [0.717, 1.165) is 31.2 Å². The minimum Gasteiger partial charge on any atom is -0.444 e. The standard InChI is InChI=1S/C32H45N5O7S/c1-7-23-17-32(23,29(40)36-45(42,43)24-12-13-25-22(16-24)14-15-33-25)35-26(38)19-37(18-21-10-8-9-11-21)28(39)27(20(2)3)34-30(41)44-31(4,5)6/h7,12-16,20-21,23,27,33H,1,8-11,17-19H2,2-6H3,(H,34,41)(H,35,38)(H,36,40)/t23-,27+,32-/m1/s1. The van der Waals surface area contributed by atoms with Gasteiger partial charge < -0.3 is 25.3 Å². The molecule has 2 aliphatic carbocycles. The fourth-order valence-electron chi connectivity index (χ4n) is 5.85. The number of sulfonamides is 1. The van der Waals surface area contributed by atoms with Crippen LogP contribution in [0.5, 0.6) is 0 Å². The molecule has 4 rings (SSSR count). The number of hydrogen-bond donors (Lipinski definition) is 4. The summed E-state index contributed by atoms with van der Waals surface area (Å²) in [6.07, 6.45) is 6.48. The van der Waals surface area contributed by atoms with Crippen molar-refractivity contribution in [3.8, 4) is 0 Å². The molecule has 1 heterocycles. The highest BCUT2D eigenvalue weighted by Crippen LogP contribution is 2.45. The van der Waals surface area contributed by atoms with Gasteiger partial charge in [-0.1, -0.05) is 32.8 Å². The average Bonchev–Trinajstić information content (AvgIpc) is 3.26. The van der Waals surface area contributed by atoms with E-state index < -0.39 is 56.9 Å². The summed E-state index contributed by atoms with van der Waals surface area (Å²) in [6.45, 7) is 12.4. The van der Waals surface area contributed by atoms with Gasteiger partial charge in [0.25, 0.3) is 15.9 Å². The Morgan fingerprint density at radius 2 is 1.84 bits per heavy atom. The highest BCUT2D eigenvalue weighted by molar-refractivity contribution is 7.90. The van der Waals surface area contributed by atoms with Gasteiger partial charge in [0.1, 0.15) is 17.2 Å². The Labute approximate surface area is 264 Å². The van der Waals surface area contributed by atoms with Crippen molar-refractivity contribution < 1.29 is 32.3 Å². The Kier molecular flexibility index (Phi) is 10.0. The molecule has 0 unspecified atom stereocenters. The number of aromatic amines is 1. The molecular weight excluding hydrogens is 598 g/mol. The molecule has 2 fully saturated rings. The fourth-order valence-corrected chi connectivity index (χ4v) is 6.92. The van der Waals surface area contributed by atoms with Crippen LogP contribution < -0.4 is 15.4 Å². The Bertz CT molecular complexity index is 1550. The molecule has 12 nitrogen and oxygen atoms in total. The first-order valence-electron chi connectivity index (χ1n) is 15.4. The summed E-state index contributed by atoms with van der Waals surface area (Å²) in [4.78, 5) is 57.8. The SMILES string of the molecule is C=C[C@@H]1C[C@]1(NC(=O)CN(CC1CCCC1)C(=O)[C@@H](NC(=O)OC(C)(C)C)C(C)C)C(=O)NS(=O)(=O)c1ccc2[nH]ccc2c1. The van der Waals surface area contributed by atoms with Crippen LogP contribution in [-0.2, 0) is 29.1 Å². The lowest BCUT2D eigenvalue weighted by molar-refractivity contribution is -0.140. The zero-order valence-corrected chi connectivity index (χ0v) is 27.5. The molecule has 0 saturated heterocycles. The van der Waals surface area contributed by atoms with Crippen molar-refractivity contribution in [2.45, 2.75) is 88.8 Å². The quantitative estimate of drug-likeness (QED) is 0.257. The molecule has 1 aromatic heterocycles. The lowest BCUT2D eigenvalue weighted by Gasteiger charge is -2.32. The first kappa shape index (κ1) is 34.0. The van der Waals surface area contributed by atoms with Crippen LogP contribution in [0, 0.1) is 17.8 Å². The molecule has 2 aliphatic rings. The number of amides is 4. The van der Waals surface area contributed by atoms with Crippen molar-refractivity contribution in [1.82, 2.24) is 25.2 Å². The van der Waals surface area contributed by atoms with Crippen LogP contribution in [-0.4, -0.2) is 72.4 Å². The lowest BCUT2D eigenvalue weighted by Crippen LogP contribution is -2.57. The van der Waals surface area contributed by atoms with Gasteiger partial charge >= 0.3 is 6.09 Å². The van der Waals surface area contributed by atoms with E-state index in [9.17, 15) is 27.6 Å². The number of hydrogen-bond acceptors (Lipinski definition) is 7.